The van der Waals surface area contributed by atoms with Crippen LogP contribution >= 0.6 is 0 Å². The molecule has 0 fully saturated rings. The van der Waals surface area contributed by atoms with Gasteiger partial charge in [-0.05, 0) is 49.8 Å². The fourth-order valence-corrected chi connectivity index (χ4v) is 2.58. The molecule has 2 aromatic rings. The lowest BCUT2D eigenvalue weighted by molar-refractivity contribution is 0.0451. The molecule has 1 heterocycles. The average Bonchev–Trinajstić information content (AvgIpc) is 2.99. The Kier molecular flexibility index (Phi) is 5.91. The molecule has 0 bridgehead atoms. The molecule has 5 nitrogen and oxygen atoms in total. The quantitative estimate of drug-likeness (QED) is 0.786. The van der Waals surface area contributed by atoms with Gasteiger partial charge >= 0.3 is 0 Å². The van der Waals surface area contributed by atoms with Crippen LogP contribution in [0.1, 0.15) is 44.7 Å². The summed E-state index contributed by atoms with van der Waals surface area (Å²) in [6.07, 6.45) is 5.10. The van der Waals surface area contributed by atoms with Crippen molar-refractivity contribution in [1.29, 1.82) is 0 Å². The second-order valence-electron chi connectivity index (χ2n) is 6.99. The van der Waals surface area contributed by atoms with Crippen LogP contribution in [0.4, 0.5) is 0 Å². The average molecular weight is 316 g/mol. The van der Waals surface area contributed by atoms with E-state index >= 15 is 0 Å². The van der Waals surface area contributed by atoms with E-state index in [1.807, 2.05) is 6.92 Å². The maximum absolute atomic E-state index is 10.4. The summed E-state index contributed by atoms with van der Waals surface area (Å²) < 4.78 is 1.77. The Hall–Kier alpha value is -1.72. The molecule has 0 aliphatic heterocycles. The molecule has 0 saturated carbocycles. The van der Waals surface area contributed by atoms with Gasteiger partial charge in [0, 0.05) is 13.1 Å². The van der Waals surface area contributed by atoms with Gasteiger partial charge < -0.3 is 10.4 Å². The van der Waals surface area contributed by atoms with Crippen LogP contribution in [-0.4, -0.2) is 32.0 Å². The maximum atomic E-state index is 10.4. The van der Waals surface area contributed by atoms with Crippen molar-refractivity contribution in [2.75, 3.05) is 6.54 Å². The SMILES string of the molecule is Cc1cc(CNCC(C)(O)CCC(C)C)ccc1-n1cncn1. The molecule has 0 amide bonds. The van der Waals surface area contributed by atoms with Crippen LogP contribution in [-0.2, 0) is 6.54 Å². The van der Waals surface area contributed by atoms with Crippen molar-refractivity contribution in [3.8, 4) is 5.69 Å². The zero-order valence-corrected chi connectivity index (χ0v) is 14.6. The molecular weight excluding hydrogens is 288 g/mol. The maximum Gasteiger partial charge on any atom is 0.138 e. The number of aliphatic hydroxyl groups is 1. The standard InChI is InChI=1S/C18H28N4O/c1-14(2)7-8-18(4,23)11-19-10-16-5-6-17(15(3)9-16)22-13-20-12-21-22/h5-6,9,12-14,19,23H,7-8,10-11H2,1-4H3. The first-order valence-electron chi connectivity index (χ1n) is 8.25. The van der Waals surface area contributed by atoms with E-state index < -0.39 is 5.60 Å². The minimum atomic E-state index is -0.653. The van der Waals surface area contributed by atoms with Gasteiger partial charge in [0.25, 0.3) is 0 Å². The van der Waals surface area contributed by atoms with Crippen LogP contribution < -0.4 is 5.32 Å². The van der Waals surface area contributed by atoms with Crippen LogP contribution in [0.2, 0.25) is 0 Å². The van der Waals surface area contributed by atoms with Crippen LogP contribution in [0.5, 0.6) is 0 Å². The molecule has 1 aromatic heterocycles. The molecule has 1 aromatic carbocycles. The number of rotatable bonds is 8. The minimum Gasteiger partial charge on any atom is -0.389 e. The fraction of sp³-hybridized carbons (Fsp3) is 0.556. The van der Waals surface area contributed by atoms with Gasteiger partial charge in [-0.3, -0.25) is 0 Å². The second-order valence-corrected chi connectivity index (χ2v) is 6.99. The summed E-state index contributed by atoms with van der Waals surface area (Å²) >= 11 is 0. The van der Waals surface area contributed by atoms with Crippen molar-refractivity contribution in [2.45, 2.75) is 52.7 Å². The van der Waals surface area contributed by atoms with Crippen molar-refractivity contribution in [3.05, 3.63) is 42.0 Å². The Balaban J connectivity index is 1.88. The predicted molar refractivity (Wildman–Crippen MR) is 92.5 cm³/mol. The Morgan fingerprint density at radius 2 is 2.13 bits per heavy atom. The van der Waals surface area contributed by atoms with Crippen molar-refractivity contribution < 1.29 is 5.11 Å². The number of hydrogen-bond acceptors (Lipinski definition) is 4. The highest BCUT2D eigenvalue weighted by Gasteiger charge is 2.19. The summed E-state index contributed by atoms with van der Waals surface area (Å²) in [5.74, 6) is 0.619. The summed E-state index contributed by atoms with van der Waals surface area (Å²) in [5.41, 5.74) is 2.74. The smallest absolute Gasteiger partial charge is 0.138 e. The molecule has 2 rings (SSSR count). The summed E-state index contributed by atoms with van der Waals surface area (Å²) in [4.78, 5) is 3.98. The van der Waals surface area contributed by atoms with E-state index in [2.05, 4.69) is 54.4 Å². The van der Waals surface area contributed by atoms with E-state index in [4.69, 9.17) is 0 Å². The number of hydrogen-bond donors (Lipinski definition) is 2. The van der Waals surface area contributed by atoms with Gasteiger partial charge in [0.1, 0.15) is 12.7 Å². The lowest BCUT2D eigenvalue weighted by atomic mass is 9.95. The Morgan fingerprint density at radius 1 is 1.35 bits per heavy atom. The number of aryl methyl sites for hydroxylation is 1. The third-order valence-electron chi connectivity index (χ3n) is 4.02. The van der Waals surface area contributed by atoms with Crippen molar-refractivity contribution in [2.24, 2.45) is 5.92 Å². The Morgan fingerprint density at radius 3 is 2.74 bits per heavy atom. The number of aromatic nitrogens is 3. The molecule has 1 unspecified atom stereocenters. The van der Waals surface area contributed by atoms with Crippen LogP contribution in [0.25, 0.3) is 5.69 Å². The largest absolute Gasteiger partial charge is 0.389 e. The molecular formula is C18H28N4O. The third kappa shape index (κ3) is 5.44. The van der Waals surface area contributed by atoms with Gasteiger partial charge in [0.2, 0.25) is 0 Å². The Labute approximate surface area is 138 Å². The van der Waals surface area contributed by atoms with Gasteiger partial charge in [-0.15, -0.1) is 0 Å². The van der Waals surface area contributed by atoms with Crippen molar-refractivity contribution in [1.82, 2.24) is 20.1 Å². The number of nitrogens with one attached hydrogen (secondary N) is 1. The van der Waals surface area contributed by atoms with Gasteiger partial charge in [0.15, 0.2) is 0 Å². The van der Waals surface area contributed by atoms with Gasteiger partial charge in [0.05, 0.1) is 11.3 Å². The fourth-order valence-electron chi connectivity index (χ4n) is 2.58. The van der Waals surface area contributed by atoms with Crippen LogP contribution in [0.3, 0.4) is 0 Å². The van der Waals surface area contributed by atoms with Crippen molar-refractivity contribution >= 4 is 0 Å². The normalized spacial score (nSPS) is 14.2. The lowest BCUT2D eigenvalue weighted by Crippen LogP contribution is -2.37. The summed E-state index contributed by atoms with van der Waals surface area (Å²) in [5, 5.41) is 17.9. The van der Waals surface area contributed by atoms with Gasteiger partial charge in [-0.25, -0.2) is 9.67 Å². The van der Waals surface area contributed by atoms with E-state index in [1.165, 1.54) is 11.9 Å². The molecule has 5 heteroatoms. The monoisotopic (exact) mass is 316 g/mol. The predicted octanol–water partition coefficient (Wildman–Crippen LogP) is 2.85. The van der Waals surface area contributed by atoms with E-state index in [-0.39, 0.29) is 0 Å². The van der Waals surface area contributed by atoms with Crippen LogP contribution in [0, 0.1) is 12.8 Å². The molecule has 1 atom stereocenters. The lowest BCUT2D eigenvalue weighted by Gasteiger charge is -2.24. The molecule has 23 heavy (non-hydrogen) atoms. The first-order valence-corrected chi connectivity index (χ1v) is 8.25. The highest BCUT2D eigenvalue weighted by molar-refractivity contribution is 5.41. The van der Waals surface area contributed by atoms with Crippen LogP contribution in [0.15, 0.2) is 30.9 Å². The highest BCUT2D eigenvalue weighted by atomic mass is 16.3. The molecule has 0 aliphatic carbocycles. The summed E-state index contributed by atoms with van der Waals surface area (Å²) in [6.45, 7) is 9.69. The topological polar surface area (TPSA) is 63.0 Å². The molecule has 2 N–H and O–H groups in total. The van der Waals surface area contributed by atoms with Gasteiger partial charge in [-0.1, -0.05) is 26.0 Å². The van der Waals surface area contributed by atoms with Gasteiger partial charge in [-0.2, -0.15) is 5.10 Å². The van der Waals surface area contributed by atoms with Crippen molar-refractivity contribution in [3.63, 3.8) is 0 Å². The second kappa shape index (κ2) is 7.70. The van der Waals surface area contributed by atoms with E-state index in [9.17, 15) is 5.11 Å². The zero-order valence-electron chi connectivity index (χ0n) is 14.6. The summed E-state index contributed by atoms with van der Waals surface area (Å²) in [6, 6.07) is 6.28. The highest BCUT2D eigenvalue weighted by Crippen LogP contribution is 2.17. The molecule has 0 radical (unpaired) electrons. The first kappa shape index (κ1) is 17.6. The molecule has 0 aliphatic rings. The van der Waals surface area contributed by atoms with E-state index in [0.717, 1.165) is 30.6 Å². The molecule has 0 spiro atoms. The minimum absolute atomic E-state index is 0.601. The first-order chi connectivity index (χ1) is 10.9. The zero-order chi connectivity index (χ0) is 16.9. The number of benzene rings is 1. The van der Waals surface area contributed by atoms with E-state index in [1.54, 1.807) is 11.0 Å². The number of nitrogens with zero attached hydrogens (tertiary/aromatic N) is 3. The Bertz CT molecular complexity index is 605. The molecule has 126 valence electrons. The third-order valence-corrected chi connectivity index (χ3v) is 4.02. The molecule has 0 saturated heterocycles. The summed E-state index contributed by atoms with van der Waals surface area (Å²) in [7, 11) is 0. The van der Waals surface area contributed by atoms with E-state index in [0.29, 0.717) is 12.5 Å².